The van der Waals surface area contributed by atoms with Crippen LogP contribution in [0.4, 0.5) is 8.78 Å². The van der Waals surface area contributed by atoms with Crippen molar-refractivity contribution in [1.29, 1.82) is 0 Å². The van der Waals surface area contributed by atoms with Crippen LogP contribution in [0.2, 0.25) is 0 Å². The molecule has 2 N–H and O–H groups in total. The summed E-state index contributed by atoms with van der Waals surface area (Å²) >= 11 is 0. The van der Waals surface area contributed by atoms with Crippen LogP contribution >= 0.6 is 0 Å². The minimum Gasteiger partial charge on any atom is -0.481 e. The normalized spacial score (nSPS) is 12.3. The van der Waals surface area contributed by atoms with Crippen molar-refractivity contribution in [2.24, 2.45) is 0 Å². The molecule has 0 saturated carbocycles. The highest BCUT2D eigenvalue weighted by Crippen LogP contribution is 2.12. The van der Waals surface area contributed by atoms with Gasteiger partial charge in [-0.15, -0.1) is 0 Å². The Morgan fingerprint density at radius 3 is 2.65 bits per heavy atom. The van der Waals surface area contributed by atoms with E-state index in [2.05, 4.69) is 12.2 Å². The summed E-state index contributed by atoms with van der Waals surface area (Å²) in [5.74, 6) is -2.69. The molecule has 20 heavy (non-hydrogen) atoms. The highest BCUT2D eigenvalue weighted by Gasteiger charge is 2.14. The van der Waals surface area contributed by atoms with Gasteiger partial charge in [0.05, 0.1) is 6.42 Å². The number of carbonyl (C=O) groups is 1. The third-order valence-electron chi connectivity index (χ3n) is 3.10. The number of benzene rings is 1. The predicted molar refractivity (Wildman–Crippen MR) is 73.6 cm³/mol. The van der Waals surface area contributed by atoms with E-state index in [4.69, 9.17) is 5.11 Å². The van der Waals surface area contributed by atoms with E-state index in [1.165, 1.54) is 6.07 Å². The molecule has 0 bridgehead atoms. The Morgan fingerprint density at radius 1 is 1.30 bits per heavy atom. The predicted octanol–water partition coefficient (Wildman–Crippen LogP) is 3.13. The monoisotopic (exact) mass is 285 g/mol. The summed E-state index contributed by atoms with van der Waals surface area (Å²) in [4.78, 5) is 10.8. The first kappa shape index (κ1) is 16.6. The van der Waals surface area contributed by atoms with Gasteiger partial charge in [0.25, 0.3) is 0 Å². The molecule has 0 saturated heterocycles. The molecular formula is C15H21F2NO2. The Bertz CT molecular complexity index is 438. The standard InChI is InChI=1S/C15H21F2NO2/c1-2-3-4-7-18-12(10-15(19)20)8-11-5-6-13(16)14(17)9-11/h5-6,9,12,18H,2-4,7-8,10H2,1H3,(H,19,20). The number of rotatable bonds is 9. The molecule has 1 aromatic rings. The zero-order chi connectivity index (χ0) is 15.0. The van der Waals surface area contributed by atoms with E-state index in [0.29, 0.717) is 12.0 Å². The number of aliphatic carboxylic acids is 1. The molecule has 0 aliphatic carbocycles. The van der Waals surface area contributed by atoms with E-state index in [0.717, 1.165) is 37.9 Å². The van der Waals surface area contributed by atoms with Gasteiger partial charge in [0.2, 0.25) is 0 Å². The fraction of sp³-hybridized carbons (Fsp3) is 0.533. The maximum atomic E-state index is 13.1. The van der Waals surface area contributed by atoms with Crippen molar-refractivity contribution >= 4 is 5.97 Å². The third-order valence-corrected chi connectivity index (χ3v) is 3.10. The molecule has 0 aromatic heterocycles. The lowest BCUT2D eigenvalue weighted by Gasteiger charge is -2.17. The van der Waals surface area contributed by atoms with E-state index in [-0.39, 0.29) is 12.5 Å². The van der Waals surface area contributed by atoms with E-state index >= 15 is 0 Å². The molecule has 1 aromatic carbocycles. The van der Waals surface area contributed by atoms with Gasteiger partial charge in [0.1, 0.15) is 0 Å². The molecule has 3 nitrogen and oxygen atoms in total. The molecule has 1 atom stereocenters. The lowest BCUT2D eigenvalue weighted by molar-refractivity contribution is -0.137. The molecule has 0 aliphatic rings. The highest BCUT2D eigenvalue weighted by atomic mass is 19.2. The Balaban J connectivity index is 2.58. The largest absolute Gasteiger partial charge is 0.481 e. The average molecular weight is 285 g/mol. The van der Waals surface area contributed by atoms with Gasteiger partial charge in [-0.25, -0.2) is 8.78 Å². The molecule has 0 radical (unpaired) electrons. The number of hydrogen-bond acceptors (Lipinski definition) is 2. The number of carboxylic acid groups (broad SMARTS) is 1. The van der Waals surface area contributed by atoms with Gasteiger partial charge in [0, 0.05) is 6.04 Å². The van der Waals surface area contributed by atoms with Gasteiger partial charge in [-0.2, -0.15) is 0 Å². The number of carboxylic acids is 1. The fourth-order valence-electron chi connectivity index (χ4n) is 2.06. The van der Waals surface area contributed by atoms with Crippen LogP contribution in [0.1, 0.15) is 38.2 Å². The average Bonchev–Trinajstić information content (AvgIpc) is 2.38. The SMILES string of the molecule is CCCCCNC(CC(=O)O)Cc1ccc(F)c(F)c1. The summed E-state index contributed by atoms with van der Waals surface area (Å²) in [5, 5.41) is 12.1. The molecule has 0 heterocycles. The fourth-order valence-corrected chi connectivity index (χ4v) is 2.06. The number of unbranched alkanes of at least 4 members (excludes halogenated alkanes) is 2. The van der Waals surface area contributed by atoms with Crippen LogP contribution in [0, 0.1) is 11.6 Å². The van der Waals surface area contributed by atoms with Crippen molar-refractivity contribution in [2.45, 2.75) is 45.1 Å². The first-order valence-electron chi connectivity index (χ1n) is 6.92. The lowest BCUT2D eigenvalue weighted by Crippen LogP contribution is -2.34. The van der Waals surface area contributed by atoms with Crippen molar-refractivity contribution in [2.75, 3.05) is 6.54 Å². The van der Waals surface area contributed by atoms with Crippen LogP contribution in [-0.4, -0.2) is 23.7 Å². The van der Waals surface area contributed by atoms with Crippen molar-refractivity contribution in [1.82, 2.24) is 5.32 Å². The van der Waals surface area contributed by atoms with Crippen LogP contribution in [0.5, 0.6) is 0 Å². The summed E-state index contributed by atoms with van der Waals surface area (Å²) < 4.78 is 26.0. The van der Waals surface area contributed by atoms with E-state index in [9.17, 15) is 13.6 Å². The summed E-state index contributed by atoms with van der Waals surface area (Å²) in [5.41, 5.74) is 0.596. The summed E-state index contributed by atoms with van der Waals surface area (Å²) in [6.07, 6.45) is 3.48. The molecule has 112 valence electrons. The van der Waals surface area contributed by atoms with Gasteiger partial charge < -0.3 is 10.4 Å². The Labute approximate surface area is 118 Å². The molecule has 0 amide bonds. The molecule has 1 rings (SSSR count). The number of nitrogens with one attached hydrogen (secondary N) is 1. The van der Waals surface area contributed by atoms with E-state index in [1.54, 1.807) is 0 Å². The van der Waals surface area contributed by atoms with Gasteiger partial charge in [-0.05, 0) is 37.1 Å². The maximum Gasteiger partial charge on any atom is 0.304 e. The molecule has 1 unspecified atom stereocenters. The second-order valence-corrected chi connectivity index (χ2v) is 4.91. The van der Waals surface area contributed by atoms with E-state index < -0.39 is 17.6 Å². The highest BCUT2D eigenvalue weighted by molar-refractivity contribution is 5.67. The summed E-state index contributed by atoms with van der Waals surface area (Å²) in [6, 6.07) is 3.41. The second kappa shape index (κ2) is 8.64. The molecule has 0 aliphatic heterocycles. The van der Waals surface area contributed by atoms with E-state index in [1.807, 2.05) is 0 Å². The molecule has 0 fully saturated rings. The van der Waals surface area contributed by atoms with Crippen molar-refractivity contribution in [3.63, 3.8) is 0 Å². The van der Waals surface area contributed by atoms with Gasteiger partial charge in [-0.1, -0.05) is 25.8 Å². The van der Waals surface area contributed by atoms with Crippen molar-refractivity contribution in [3.8, 4) is 0 Å². The Morgan fingerprint density at radius 2 is 2.05 bits per heavy atom. The molecular weight excluding hydrogens is 264 g/mol. The molecule has 0 spiro atoms. The second-order valence-electron chi connectivity index (χ2n) is 4.91. The number of hydrogen-bond donors (Lipinski definition) is 2. The number of halogens is 2. The Kier molecular flexibility index (Phi) is 7.15. The van der Waals surface area contributed by atoms with Crippen LogP contribution in [0.15, 0.2) is 18.2 Å². The molecule has 5 heteroatoms. The van der Waals surface area contributed by atoms with Crippen molar-refractivity contribution < 1.29 is 18.7 Å². The lowest BCUT2D eigenvalue weighted by atomic mass is 10.0. The maximum absolute atomic E-state index is 13.1. The van der Waals surface area contributed by atoms with Gasteiger partial charge in [-0.3, -0.25) is 4.79 Å². The topological polar surface area (TPSA) is 49.3 Å². The summed E-state index contributed by atoms with van der Waals surface area (Å²) in [7, 11) is 0. The first-order chi connectivity index (χ1) is 9.52. The van der Waals surface area contributed by atoms with Crippen LogP contribution < -0.4 is 5.32 Å². The quantitative estimate of drug-likeness (QED) is 0.685. The first-order valence-corrected chi connectivity index (χ1v) is 6.92. The zero-order valence-corrected chi connectivity index (χ0v) is 11.7. The Hall–Kier alpha value is -1.49. The third kappa shape index (κ3) is 6.10. The summed E-state index contributed by atoms with van der Waals surface area (Å²) in [6.45, 7) is 2.82. The zero-order valence-electron chi connectivity index (χ0n) is 11.7. The minimum atomic E-state index is -0.902. The van der Waals surface area contributed by atoms with Crippen molar-refractivity contribution in [3.05, 3.63) is 35.4 Å². The van der Waals surface area contributed by atoms with Crippen LogP contribution in [0.3, 0.4) is 0 Å². The smallest absolute Gasteiger partial charge is 0.304 e. The minimum absolute atomic E-state index is 0.0366. The van der Waals surface area contributed by atoms with Gasteiger partial charge in [0.15, 0.2) is 11.6 Å². The van der Waals surface area contributed by atoms with Crippen LogP contribution in [0.25, 0.3) is 0 Å². The van der Waals surface area contributed by atoms with Gasteiger partial charge >= 0.3 is 5.97 Å². The van der Waals surface area contributed by atoms with Crippen LogP contribution in [-0.2, 0) is 11.2 Å².